The third-order valence-corrected chi connectivity index (χ3v) is 5.84. The number of carbonyl (C=O) groups is 1. The summed E-state index contributed by atoms with van der Waals surface area (Å²) in [6, 6.07) is 6.50. The highest BCUT2D eigenvalue weighted by Crippen LogP contribution is 2.32. The number of para-hydroxylation sites is 1. The van der Waals surface area contributed by atoms with Gasteiger partial charge in [0.25, 0.3) is 5.91 Å². The molecular formula is C20H15F6N3O2S. The Hall–Kier alpha value is -3.02. The van der Waals surface area contributed by atoms with Crippen molar-refractivity contribution in [2.45, 2.75) is 25.0 Å². The van der Waals surface area contributed by atoms with Crippen molar-refractivity contribution in [2.75, 3.05) is 18.4 Å². The van der Waals surface area contributed by atoms with Crippen molar-refractivity contribution < 1.29 is 35.9 Å². The van der Waals surface area contributed by atoms with Crippen LogP contribution < -0.4 is 10.1 Å². The minimum Gasteiger partial charge on any atom is -0.427 e. The highest BCUT2D eigenvalue weighted by atomic mass is 32.1. The van der Waals surface area contributed by atoms with Crippen molar-refractivity contribution in [1.82, 2.24) is 9.88 Å². The van der Waals surface area contributed by atoms with E-state index in [2.05, 4.69) is 15.0 Å². The monoisotopic (exact) mass is 475 g/mol. The third kappa shape index (κ3) is 4.45. The predicted octanol–water partition coefficient (Wildman–Crippen LogP) is 5.14. The molecule has 5 nitrogen and oxygen atoms in total. The molecule has 1 saturated heterocycles. The lowest BCUT2D eigenvalue weighted by Crippen LogP contribution is -2.35. The van der Waals surface area contributed by atoms with E-state index in [4.69, 9.17) is 0 Å². The molecule has 1 aliphatic rings. The Morgan fingerprint density at radius 2 is 2.00 bits per heavy atom. The molecule has 2 aromatic carbocycles. The van der Waals surface area contributed by atoms with E-state index in [1.54, 1.807) is 0 Å². The Bertz CT molecular complexity index is 1160. The molecule has 1 unspecified atom stereocenters. The van der Waals surface area contributed by atoms with Crippen LogP contribution in [0, 0.1) is 11.6 Å². The van der Waals surface area contributed by atoms with Gasteiger partial charge in [-0.1, -0.05) is 23.5 Å². The number of ether oxygens (including phenoxy) is 1. The summed E-state index contributed by atoms with van der Waals surface area (Å²) in [5.41, 5.74) is -0.113. The van der Waals surface area contributed by atoms with Gasteiger partial charge in [0.15, 0.2) is 5.13 Å². The number of alkyl halides is 4. The quantitative estimate of drug-likeness (QED) is 0.502. The maximum absolute atomic E-state index is 13.9. The minimum absolute atomic E-state index is 0.158. The fraction of sp³-hybridized carbons (Fsp3) is 0.300. The Kier molecular flexibility index (Phi) is 5.89. The molecule has 0 bridgehead atoms. The van der Waals surface area contributed by atoms with Crippen molar-refractivity contribution in [3.05, 3.63) is 53.6 Å². The van der Waals surface area contributed by atoms with Gasteiger partial charge in [-0.2, -0.15) is 17.6 Å². The number of hydrogen-bond donors (Lipinski definition) is 1. The Morgan fingerprint density at radius 3 is 2.75 bits per heavy atom. The van der Waals surface area contributed by atoms with Crippen molar-refractivity contribution in [3.63, 3.8) is 0 Å². The van der Waals surface area contributed by atoms with Crippen molar-refractivity contribution >= 4 is 32.6 Å². The molecule has 1 atom stereocenters. The van der Waals surface area contributed by atoms with Gasteiger partial charge in [0.1, 0.15) is 17.4 Å². The average Bonchev–Trinajstić information content (AvgIpc) is 3.34. The van der Waals surface area contributed by atoms with E-state index in [1.165, 1.54) is 23.1 Å². The zero-order valence-corrected chi connectivity index (χ0v) is 16.9. The lowest BCUT2D eigenvalue weighted by molar-refractivity contribution is -0.253. The molecule has 0 radical (unpaired) electrons. The second kappa shape index (κ2) is 8.49. The number of rotatable bonds is 6. The summed E-state index contributed by atoms with van der Waals surface area (Å²) in [6.07, 6.45) is -8.33. The molecule has 3 aromatic rings. The SMILES string of the molecule is O=C(c1ccccc1OC(F)(F)C(F)F)N1CCC(Nc2nc3cc(F)cc(F)c3s2)C1. The van der Waals surface area contributed by atoms with Crippen molar-refractivity contribution in [3.8, 4) is 5.75 Å². The van der Waals surface area contributed by atoms with Gasteiger partial charge in [0.05, 0.1) is 15.8 Å². The number of anilines is 1. The topological polar surface area (TPSA) is 54.5 Å². The maximum atomic E-state index is 13.9. The zero-order valence-electron chi connectivity index (χ0n) is 16.1. The second-order valence-electron chi connectivity index (χ2n) is 7.10. The van der Waals surface area contributed by atoms with Gasteiger partial charge in [0, 0.05) is 31.3 Å². The molecule has 12 heteroatoms. The number of likely N-dealkylation sites (tertiary alicyclic amines) is 1. The molecule has 0 spiro atoms. The first-order chi connectivity index (χ1) is 15.1. The third-order valence-electron chi connectivity index (χ3n) is 4.83. The number of fused-ring (bicyclic) bond motifs is 1. The number of benzene rings is 2. The normalized spacial score (nSPS) is 16.7. The smallest absolute Gasteiger partial charge is 0.427 e. The maximum Gasteiger partial charge on any atom is 0.461 e. The number of carbonyl (C=O) groups excluding carboxylic acids is 1. The van der Waals surface area contributed by atoms with E-state index in [-0.39, 0.29) is 34.9 Å². The highest BCUT2D eigenvalue weighted by molar-refractivity contribution is 7.22. The zero-order chi connectivity index (χ0) is 23.0. The van der Waals surface area contributed by atoms with Gasteiger partial charge in [-0.05, 0) is 18.6 Å². The number of nitrogens with one attached hydrogen (secondary N) is 1. The van der Waals surface area contributed by atoms with E-state index >= 15 is 0 Å². The van der Waals surface area contributed by atoms with Gasteiger partial charge >= 0.3 is 12.5 Å². The van der Waals surface area contributed by atoms with Gasteiger partial charge in [-0.3, -0.25) is 4.79 Å². The molecule has 1 N–H and O–H groups in total. The number of nitrogens with zero attached hydrogens (tertiary/aromatic N) is 2. The van der Waals surface area contributed by atoms with Crippen LogP contribution in [0.15, 0.2) is 36.4 Å². The molecule has 1 aromatic heterocycles. The van der Waals surface area contributed by atoms with E-state index < -0.39 is 35.8 Å². The molecule has 1 amide bonds. The summed E-state index contributed by atoms with van der Waals surface area (Å²) >= 11 is 0.995. The minimum atomic E-state index is -4.74. The van der Waals surface area contributed by atoms with Crippen LogP contribution in [0.5, 0.6) is 5.75 Å². The molecule has 32 heavy (non-hydrogen) atoms. The van der Waals surface area contributed by atoms with Crippen LogP contribution in [0.1, 0.15) is 16.8 Å². The molecule has 170 valence electrons. The molecule has 0 saturated carbocycles. The van der Waals surface area contributed by atoms with E-state index in [0.717, 1.165) is 29.5 Å². The van der Waals surface area contributed by atoms with Gasteiger partial charge in [-0.15, -0.1) is 0 Å². The highest BCUT2D eigenvalue weighted by Gasteiger charge is 2.45. The van der Waals surface area contributed by atoms with Crippen LogP contribution in [0.2, 0.25) is 0 Å². The summed E-state index contributed by atoms with van der Waals surface area (Å²) in [4.78, 5) is 18.3. The average molecular weight is 475 g/mol. The summed E-state index contributed by atoms with van der Waals surface area (Å²) < 4.78 is 83.2. The van der Waals surface area contributed by atoms with E-state index in [0.29, 0.717) is 11.6 Å². The number of thiazole rings is 1. The number of hydrogen-bond acceptors (Lipinski definition) is 5. The summed E-state index contributed by atoms with van der Waals surface area (Å²) in [5, 5.41) is 3.39. The van der Waals surface area contributed by atoms with Crippen molar-refractivity contribution in [2.24, 2.45) is 0 Å². The van der Waals surface area contributed by atoms with E-state index in [1.807, 2.05) is 0 Å². The number of aromatic nitrogens is 1. The number of halogens is 6. The Labute approximate surface area is 181 Å². The Balaban J connectivity index is 1.46. The second-order valence-corrected chi connectivity index (χ2v) is 8.10. The molecule has 1 aliphatic heterocycles. The predicted molar refractivity (Wildman–Crippen MR) is 105 cm³/mol. The first-order valence-electron chi connectivity index (χ1n) is 9.39. The fourth-order valence-corrected chi connectivity index (χ4v) is 4.28. The Morgan fingerprint density at radius 1 is 1.25 bits per heavy atom. The standard InChI is InChI=1S/C20H15F6N3O2S/c21-10-7-13(22)16-14(8-10)28-19(32-16)27-11-5-6-29(9-11)17(30)12-3-1-2-4-15(12)31-20(25,26)18(23)24/h1-4,7-8,11,18H,5-6,9H2,(H,27,28). The molecule has 4 rings (SSSR count). The van der Waals surface area contributed by atoms with Gasteiger partial charge in [-0.25, -0.2) is 13.8 Å². The number of amides is 1. The van der Waals surface area contributed by atoms with Crippen LogP contribution in [0.3, 0.4) is 0 Å². The van der Waals surface area contributed by atoms with Crippen LogP contribution in [0.25, 0.3) is 10.2 Å². The van der Waals surface area contributed by atoms with Gasteiger partial charge < -0.3 is 15.0 Å². The first kappa shape index (κ1) is 22.2. The summed E-state index contributed by atoms with van der Waals surface area (Å²) in [7, 11) is 0. The molecular weight excluding hydrogens is 460 g/mol. The largest absolute Gasteiger partial charge is 0.461 e. The van der Waals surface area contributed by atoms with Crippen LogP contribution >= 0.6 is 11.3 Å². The van der Waals surface area contributed by atoms with Crippen LogP contribution in [0.4, 0.5) is 31.5 Å². The van der Waals surface area contributed by atoms with Crippen LogP contribution in [-0.2, 0) is 0 Å². The molecule has 2 heterocycles. The summed E-state index contributed by atoms with van der Waals surface area (Å²) in [6.45, 7) is 0.412. The first-order valence-corrected chi connectivity index (χ1v) is 10.2. The van der Waals surface area contributed by atoms with Crippen molar-refractivity contribution in [1.29, 1.82) is 0 Å². The summed E-state index contributed by atoms with van der Waals surface area (Å²) in [5.74, 6) is -2.79. The molecule has 1 fully saturated rings. The molecule has 0 aliphatic carbocycles. The lowest BCUT2D eigenvalue weighted by Gasteiger charge is -2.21. The fourth-order valence-electron chi connectivity index (χ4n) is 3.35. The lowest BCUT2D eigenvalue weighted by atomic mass is 10.1. The van der Waals surface area contributed by atoms with Gasteiger partial charge in [0.2, 0.25) is 0 Å². The van der Waals surface area contributed by atoms with Crippen LogP contribution in [-0.4, -0.2) is 47.5 Å². The van der Waals surface area contributed by atoms with E-state index in [9.17, 15) is 31.1 Å².